The Morgan fingerprint density at radius 1 is 1.11 bits per heavy atom. The maximum atomic E-state index is 5.45. The van der Waals surface area contributed by atoms with Crippen LogP contribution < -0.4 is 5.32 Å². The van der Waals surface area contributed by atoms with Gasteiger partial charge in [0.2, 0.25) is 0 Å². The van der Waals surface area contributed by atoms with Crippen molar-refractivity contribution in [1.82, 2.24) is 5.32 Å². The Morgan fingerprint density at radius 2 is 1.89 bits per heavy atom. The Bertz CT molecular complexity index is 501. The first-order valence-electron chi connectivity index (χ1n) is 6.57. The zero-order chi connectivity index (χ0) is 13.0. The highest BCUT2D eigenvalue weighted by Gasteiger charge is 2.18. The van der Waals surface area contributed by atoms with Gasteiger partial charge in [-0.2, -0.15) is 0 Å². The van der Waals surface area contributed by atoms with Gasteiger partial charge in [0.05, 0.1) is 12.3 Å². The van der Waals surface area contributed by atoms with Gasteiger partial charge in [0.1, 0.15) is 5.76 Å². The van der Waals surface area contributed by atoms with E-state index in [1.54, 1.807) is 6.26 Å². The Labute approximate surface area is 109 Å². The lowest BCUT2D eigenvalue weighted by Gasteiger charge is -2.20. The van der Waals surface area contributed by atoms with E-state index in [1.165, 1.54) is 16.7 Å². The molecule has 0 aliphatic carbocycles. The fourth-order valence-electron chi connectivity index (χ4n) is 2.28. The third-order valence-electron chi connectivity index (χ3n) is 3.31. The molecule has 0 saturated heterocycles. The Kier molecular flexibility index (Phi) is 4.21. The first-order chi connectivity index (χ1) is 8.74. The minimum Gasteiger partial charge on any atom is -0.469 e. The van der Waals surface area contributed by atoms with Crippen molar-refractivity contribution < 1.29 is 4.42 Å². The molecule has 0 saturated carbocycles. The largest absolute Gasteiger partial charge is 0.469 e. The summed E-state index contributed by atoms with van der Waals surface area (Å²) in [5.74, 6) is 0.992. The summed E-state index contributed by atoms with van der Waals surface area (Å²) in [5.41, 5.74) is 3.87. The van der Waals surface area contributed by atoms with Crippen molar-refractivity contribution in [3.63, 3.8) is 0 Å². The van der Waals surface area contributed by atoms with Crippen molar-refractivity contribution in [3.05, 3.63) is 59.0 Å². The van der Waals surface area contributed by atoms with E-state index in [1.807, 2.05) is 6.92 Å². The number of hydrogen-bond donors (Lipinski definition) is 1. The Morgan fingerprint density at radius 3 is 2.50 bits per heavy atom. The molecule has 0 bridgehead atoms. The topological polar surface area (TPSA) is 25.2 Å². The molecule has 0 spiro atoms. The van der Waals surface area contributed by atoms with Crippen LogP contribution in [-0.4, -0.2) is 6.54 Å². The predicted octanol–water partition coefficient (Wildman–Crippen LogP) is 3.99. The third-order valence-corrected chi connectivity index (χ3v) is 3.31. The van der Waals surface area contributed by atoms with Crippen LogP contribution in [0, 0.1) is 13.8 Å². The molecule has 18 heavy (non-hydrogen) atoms. The number of nitrogens with one attached hydrogen (secondary N) is 1. The number of rotatable bonds is 5. The molecule has 0 aliphatic rings. The van der Waals surface area contributed by atoms with Crippen molar-refractivity contribution in [3.8, 4) is 0 Å². The molecule has 0 fully saturated rings. The highest BCUT2D eigenvalue weighted by Crippen LogP contribution is 2.27. The van der Waals surface area contributed by atoms with Crippen LogP contribution in [0.4, 0.5) is 0 Å². The first-order valence-corrected chi connectivity index (χ1v) is 6.57. The molecular weight excluding hydrogens is 222 g/mol. The molecule has 0 amide bonds. The van der Waals surface area contributed by atoms with Crippen LogP contribution in [0.15, 0.2) is 41.0 Å². The molecule has 2 aromatic rings. The third kappa shape index (κ3) is 2.65. The summed E-state index contributed by atoms with van der Waals surface area (Å²) in [7, 11) is 0. The summed E-state index contributed by atoms with van der Waals surface area (Å²) < 4.78 is 5.45. The lowest BCUT2D eigenvalue weighted by Crippen LogP contribution is -2.24. The molecule has 0 radical (unpaired) electrons. The van der Waals surface area contributed by atoms with Crippen molar-refractivity contribution >= 4 is 0 Å². The fraction of sp³-hybridized carbons (Fsp3) is 0.375. The van der Waals surface area contributed by atoms with Crippen LogP contribution >= 0.6 is 0 Å². The lowest BCUT2D eigenvalue weighted by molar-refractivity contribution is 0.517. The number of hydrogen-bond acceptors (Lipinski definition) is 2. The summed E-state index contributed by atoms with van der Waals surface area (Å²) >= 11 is 0. The molecule has 2 heteroatoms. The van der Waals surface area contributed by atoms with E-state index in [2.05, 4.69) is 49.5 Å². The molecule has 0 aliphatic heterocycles. The smallest absolute Gasteiger partial charge is 0.105 e. The van der Waals surface area contributed by atoms with Gasteiger partial charge in [-0.15, -0.1) is 0 Å². The van der Waals surface area contributed by atoms with Crippen molar-refractivity contribution in [2.75, 3.05) is 6.54 Å². The molecule has 2 nitrogen and oxygen atoms in total. The van der Waals surface area contributed by atoms with E-state index in [0.29, 0.717) is 0 Å². The number of aryl methyl sites for hydroxylation is 2. The van der Waals surface area contributed by atoms with Crippen LogP contribution in [0.1, 0.15) is 41.8 Å². The van der Waals surface area contributed by atoms with Gasteiger partial charge in [-0.05, 0) is 44.0 Å². The fourth-order valence-corrected chi connectivity index (χ4v) is 2.28. The second-order valence-corrected chi connectivity index (χ2v) is 4.68. The molecule has 1 unspecified atom stereocenters. The van der Waals surface area contributed by atoms with Gasteiger partial charge in [0, 0.05) is 5.56 Å². The average Bonchev–Trinajstić information content (AvgIpc) is 2.78. The highest BCUT2D eigenvalue weighted by atomic mass is 16.3. The molecule has 2 rings (SSSR count). The van der Waals surface area contributed by atoms with Crippen LogP contribution in [0.25, 0.3) is 0 Å². The monoisotopic (exact) mass is 243 g/mol. The molecular formula is C16H21NO. The SMILES string of the molecule is CCCNC(c1ccccc1C)c1ccoc1C. The second kappa shape index (κ2) is 5.87. The van der Waals surface area contributed by atoms with Gasteiger partial charge in [-0.3, -0.25) is 0 Å². The van der Waals surface area contributed by atoms with Crippen LogP contribution in [0.2, 0.25) is 0 Å². The normalized spacial score (nSPS) is 12.6. The summed E-state index contributed by atoms with van der Waals surface area (Å²) in [6.07, 6.45) is 2.89. The quantitative estimate of drug-likeness (QED) is 0.859. The summed E-state index contributed by atoms with van der Waals surface area (Å²) in [6, 6.07) is 10.8. The van der Waals surface area contributed by atoms with Crippen LogP contribution in [0.3, 0.4) is 0 Å². The summed E-state index contributed by atoms with van der Waals surface area (Å²) in [6.45, 7) is 7.37. The summed E-state index contributed by atoms with van der Waals surface area (Å²) in [5, 5.41) is 3.61. The van der Waals surface area contributed by atoms with Gasteiger partial charge in [0.25, 0.3) is 0 Å². The van der Waals surface area contributed by atoms with Crippen molar-refractivity contribution in [2.45, 2.75) is 33.2 Å². The number of benzene rings is 1. The van der Waals surface area contributed by atoms with E-state index in [4.69, 9.17) is 4.42 Å². The Hall–Kier alpha value is -1.54. The van der Waals surface area contributed by atoms with Crippen molar-refractivity contribution in [2.24, 2.45) is 0 Å². The van der Waals surface area contributed by atoms with E-state index in [-0.39, 0.29) is 6.04 Å². The molecule has 1 heterocycles. The van der Waals surface area contributed by atoms with E-state index in [9.17, 15) is 0 Å². The average molecular weight is 243 g/mol. The van der Waals surface area contributed by atoms with Gasteiger partial charge < -0.3 is 9.73 Å². The molecule has 1 atom stereocenters. The highest BCUT2D eigenvalue weighted by molar-refractivity contribution is 5.37. The van der Waals surface area contributed by atoms with Gasteiger partial charge in [-0.1, -0.05) is 31.2 Å². The summed E-state index contributed by atoms with van der Waals surface area (Å²) in [4.78, 5) is 0. The molecule has 96 valence electrons. The van der Waals surface area contributed by atoms with Crippen LogP contribution in [0.5, 0.6) is 0 Å². The Balaban J connectivity index is 2.37. The minimum atomic E-state index is 0.227. The van der Waals surface area contributed by atoms with Gasteiger partial charge in [0.15, 0.2) is 0 Å². The maximum absolute atomic E-state index is 5.45. The predicted molar refractivity (Wildman–Crippen MR) is 74.8 cm³/mol. The van der Waals surface area contributed by atoms with Crippen LogP contribution in [-0.2, 0) is 0 Å². The molecule has 1 N–H and O–H groups in total. The lowest BCUT2D eigenvalue weighted by atomic mass is 9.95. The van der Waals surface area contributed by atoms with E-state index < -0.39 is 0 Å². The van der Waals surface area contributed by atoms with E-state index >= 15 is 0 Å². The van der Waals surface area contributed by atoms with Gasteiger partial charge in [-0.25, -0.2) is 0 Å². The van der Waals surface area contributed by atoms with Gasteiger partial charge >= 0.3 is 0 Å². The number of furan rings is 1. The maximum Gasteiger partial charge on any atom is 0.105 e. The molecule has 1 aromatic heterocycles. The zero-order valence-electron chi connectivity index (χ0n) is 11.4. The first kappa shape index (κ1) is 12.9. The minimum absolute atomic E-state index is 0.227. The van der Waals surface area contributed by atoms with E-state index in [0.717, 1.165) is 18.7 Å². The van der Waals surface area contributed by atoms with Crippen molar-refractivity contribution in [1.29, 1.82) is 0 Å². The molecule has 1 aromatic carbocycles. The second-order valence-electron chi connectivity index (χ2n) is 4.68. The standard InChI is InChI=1S/C16H21NO/c1-4-10-17-16(15-9-11-18-13(15)3)14-8-6-5-7-12(14)2/h5-9,11,16-17H,4,10H2,1-3H3. The zero-order valence-corrected chi connectivity index (χ0v) is 11.4.